The molecular formula is C25H34O8. The van der Waals surface area contributed by atoms with Gasteiger partial charge in [0, 0.05) is 12.3 Å². The van der Waals surface area contributed by atoms with Gasteiger partial charge in [0.15, 0.2) is 5.78 Å². The summed E-state index contributed by atoms with van der Waals surface area (Å²) < 4.78 is 15.8. The number of hydrogen-bond donors (Lipinski definition) is 1. The normalized spacial score (nSPS) is 25.8. The number of ether oxygens (including phenoxy) is 3. The minimum atomic E-state index is -1.76. The predicted octanol–water partition coefficient (Wildman–Crippen LogP) is 3.20. The molecule has 0 spiro atoms. The van der Waals surface area contributed by atoms with Crippen LogP contribution in [0.2, 0.25) is 0 Å². The molecule has 1 aliphatic rings. The monoisotopic (exact) mass is 462 g/mol. The molecular weight excluding hydrogens is 428 g/mol. The lowest BCUT2D eigenvalue weighted by atomic mass is 9.61. The van der Waals surface area contributed by atoms with Gasteiger partial charge in [-0.2, -0.15) is 0 Å². The maximum Gasteiger partial charge on any atom is 0.337 e. The number of hydrogen-bond acceptors (Lipinski definition) is 8. The zero-order valence-electron chi connectivity index (χ0n) is 20.6. The Morgan fingerprint density at radius 1 is 0.939 bits per heavy atom. The molecule has 0 saturated heterocycles. The molecule has 4 unspecified atom stereocenters. The zero-order valence-corrected chi connectivity index (χ0v) is 20.6. The lowest BCUT2D eigenvalue weighted by molar-refractivity contribution is -0.182. The molecule has 4 atom stereocenters. The van der Waals surface area contributed by atoms with Crippen molar-refractivity contribution >= 4 is 23.7 Å². The predicted molar refractivity (Wildman–Crippen MR) is 119 cm³/mol. The second-order valence-corrected chi connectivity index (χ2v) is 10.7. The second-order valence-electron chi connectivity index (χ2n) is 10.7. The number of Topliss-reactive ketones (excluding diaryl/α,β-unsaturated/α-hetero) is 1. The van der Waals surface area contributed by atoms with Crippen molar-refractivity contribution in [3.05, 3.63) is 35.4 Å². The van der Waals surface area contributed by atoms with Crippen molar-refractivity contribution in [2.45, 2.75) is 77.6 Å². The van der Waals surface area contributed by atoms with Gasteiger partial charge in [-0.25, -0.2) is 4.79 Å². The summed E-state index contributed by atoms with van der Waals surface area (Å²) in [5, 5.41) is 11.2. The van der Waals surface area contributed by atoms with Crippen LogP contribution >= 0.6 is 0 Å². The standard InChI is InChI=1S/C25H34O8/c1-23(2,3)32-21(28)18-16(26)13-25(7,30)19(22(29)33-24(4,5)6)17(18)14-9-11-15(12-10-14)20(27)31-8/h9-12,17-19,30H,13H2,1-8H3. The average molecular weight is 463 g/mol. The molecule has 1 aliphatic carbocycles. The van der Waals surface area contributed by atoms with E-state index in [-0.39, 0.29) is 5.56 Å². The zero-order chi connectivity index (χ0) is 25.4. The van der Waals surface area contributed by atoms with Crippen LogP contribution in [0.5, 0.6) is 0 Å². The van der Waals surface area contributed by atoms with E-state index in [1.807, 2.05) is 0 Å². The molecule has 2 rings (SSSR count). The van der Waals surface area contributed by atoms with E-state index in [0.717, 1.165) is 0 Å². The molecule has 0 aromatic heterocycles. The van der Waals surface area contributed by atoms with Gasteiger partial charge in [-0.1, -0.05) is 12.1 Å². The van der Waals surface area contributed by atoms with Crippen molar-refractivity contribution in [1.29, 1.82) is 0 Å². The Kier molecular flexibility index (Phi) is 7.43. The lowest BCUT2D eigenvalue weighted by Gasteiger charge is -2.44. The van der Waals surface area contributed by atoms with Crippen LogP contribution in [-0.2, 0) is 28.6 Å². The Morgan fingerprint density at radius 3 is 1.88 bits per heavy atom. The molecule has 0 heterocycles. The molecule has 1 N–H and O–H groups in total. The first-order valence-electron chi connectivity index (χ1n) is 10.9. The van der Waals surface area contributed by atoms with Crippen molar-refractivity contribution in [2.24, 2.45) is 11.8 Å². The van der Waals surface area contributed by atoms with E-state index < -0.39 is 64.7 Å². The van der Waals surface area contributed by atoms with Gasteiger partial charge >= 0.3 is 17.9 Å². The summed E-state index contributed by atoms with van der Waals surface area (Å²) in [5.41, 5.74) is -2.79. The first-order chi connectivity index (χ1) is 15.0. The van der Waals surface area contributed by atoms with Crippen molar-refractivity contribution in [2.75, 3.05) is 7.11 Å². The highest BCUT2D eigenvalue weighted by Gasteiger charge is 2.57. The Labute approximate surface area is 194 Å². The van der Waals surface area contributed by atoms with Crippen LogP contribution in [0.4, 0.5) is 0 Å². The Morgan fingerprint density at radius 2 is 1.42 bits per heavy atom. The fraction of sp³-hybridized carbons (Fsp3) is 0.600. The SMILES string of the molecule is COC(=O)c1ccc(C2C(C(=O)OC(C)(C)C)C(=O)CC(C)(O)C2C(=O)OC(C)(C)C)cc1. The molecule has 33 heavy (non-hydrogen) atoms. The van der Waals surface area contributed by atoms with Gasteiger partial charge in [0.2, 0.25) is 0 Å². The number of aliphatic hydroxyl groups is 1. The van der Waals surface area contributed by atoms with Crippen molar-refractivity contribution in [1.82, 2.24) is 0 Å². The summed E-state index contributed by atoms with van der Waals surface area (Å²) in [4.78, 5) is 51.4. The van der Waals surface area contributed by atoms with Gasteiger partial charge in [0.05, 0.1) is 24.2 Å². The number of carbonyl (C=O) groups is 4. The maximum absolute atomic E-state index is 13.3. The van der Waals surface area contributed by atoms with Gasteiger partial charge in [0.1, 0.15) is 17.1 Å². The van der Waals surface area contributed by atoms with Gasteiger partial charge in [-0.3, -0.25) is 14.4 Å². The number of esters is 3. The highest BCUT2D eigenvalue weighted by atomic mass is 16.6. The Bertz CT molecular complexity index is 915. The number of methoxy groups -OCH3 is 1. The van der Waals surface area contributed by atoms with Crippen LogP contribution in [0, 0.1) is 11.8 Å². The third-order valence-electron chi connectivity index (χ3n) is 5.31. The van der Waals surface area contributed by atoms with Crippen LogP contribution in [0.25, 0.3) is 0 Å². The van der Waals surface area contributed by atoms with Crippen molar-refractivity contribution in [3.8, 4) is 0 Å². The van der Waals surface area contributed by atoms with E-state index in [0.29, 0.717) is 5.56 Å². The van der Waals surface area contributed by atoms with Gasteiger partial charge in [-0.15, -0.1) is 0 Å². The van der Waals surface area contributed by atoms with Gasteiger partial charge in [0.25, 0.3) is 0 Å². The van der Waals surface area contributed by atoms with Crippen LogP contribution in [-0.4, -0.2) is 52.7 Å². The summed E-state index contributed by atoms with van der Waals surface area (Å²) in [6.07, 6.45) is -0.405. The Balaban J connectivity index is 2.65. The largest absolute Gasteiger partial charge is 0.465 e. The van der Waals surface area contributed by atoms with E-state index in [1.54, 1.807) is 53.7 Å². The number of ketones is 1. The third-order valence-corrected chi connectivity index (χ3v) is 5.31. The van der Waals surface area contributed by atoms with Crippen molar-refractivity contribution in [3.63, 3.8) is 0 Å². The summed E-state index contributed by atoms with van der Waals surface area (Å²) in [7, 11) is 1.25. The summed E-state index contributed by atoms with van der Waals surface area (Å²) in [6, 6.07) is 6.04. The van der Waals surface area contributed by atoms with E-state index >= 15 is 0 Å². The van der Waals surface area contributed by atoms with E-state index in [1.165, 1.54) is 26.2 Å². The van der Waals surface area contributed by atoms with E-state index in [9.17, 15) is 24.3 Å². The van der Waals surface area contributed by atoms with E-state index in [4.69, 9.17) is 14.2 Å². The molecule has 1 saturated carbocycles. The number of benzene rings is 1. The molecule has 0 radical (unpaired) electrons. The third kappa shape index (κ3) is 6.41. The first kappa shape index (κ1) is 26.5. The fourth-order valence-corrected chi connectivity index (χ4v) is 4.11. The van der Waals surface area contributed by atoms with Crippen molar-refractivity contribution < 1.29 is 38.5 Å². The summed E-state index contributed by atoms with van der Waals surface area (Å²) in [6.45, 7) is 11.5. The minimum Gasteiger partial charge on any atom is -0.465 e. The van der Waals surface area contributed by atoms with Crippen LogP contribution in [0.3, 0.4) is 0 Å². The number of carbonyl (C=O) groups excluding carboxylic acids is 4. The van der Waals surface area contributed by atoms with Crippen LogP contribution in [0.15, 0.2) is 24.3 Å². The molecule has 0 aliphatic heterocycles. The molecule has 0 bridgehead atoms. The van der Waals surface area contributed by atoms with Gasteiger partial charge < -0.3 is 19.3 Å². The molecule has 182 valence electrons. The summed E-state index contributed by atoms with van der Waals surface area (Å²) in [5.74, 6) is -6.20. The van der Waals surface area contributed by atoms with E-state index in [2.05, 4.69) is 0 Å². The number of rotatable bonds is 4. The second kappa shape index (κ2) is 9.25. The molecule has 1 fully saturated rings. The smallest absolute Gasteiger partial charge is 0.337 e. The molecule has 0 amide bonds. The first-order valence-corrected chi connectivity index (χ1v) is 10.9. The highest BCUT2D eigenvalue weighted by molar-refractivity contribution is 6.03. The maximum atomic E-state index is 13.3. The minimum absolute atomic E-state index is 0.262. The fourth-order valence-electron chi connectivity index (χ4n) is 4.11. The molecule has 8 nitrogen and oxygen atoms in total. The van der Waals surface area contributed by atoms with Crippen LogP contribution < -0.4 is 0 Å². The topological polar surface area (TPSA) is 116 Å². The van der Waals surface area contributed by atoms with Gasteiger partial charge in [-0.05, 0) is 66.2 Å². The molecule has 1 aromatic carbocycles. The Hall–Kier alpha value is -2.74. The highest BCUT2D eigenvalue weighted by Crippen LogP contribution is 2.47. The molecule has 8 heteroatoms. The van der Waals surface area contributed by atoms with Crippen LogP contribution in [0.1, 0.15) is 76.7 Å². The summed E-state index contributed by atoms with van der Waals surface area (Å²) >= 11 is 0. The molecule has 1 aromatic rings. The average Bonchev–Trinajstić information content (AvgIpc) is 2.63. The lowest BCUT2D eigenvalue weighted by Crippen LogP contribution is -2.56. The quantitative estimate of drug-likeness (QED) is 0.412.